The highest BCUT2D eigenvalue weighted by Gasteiger charge is 2.29. The lowest BCUT2D eigenvalue weighted by atomic mass is 10.1. The fraction of sp³-hybridized carbons (Fsp3) is 0.476. The van der Waals surface area contributed by atoms with Crippen LogP contribution in [0.3, 0.4) is 0 Å². The molecule has 1 aromatic carbocycles. The summed E-state index contributed by atoms with van der Waals surface area (Å²) in [5, 5.41) is 7.41. The van der Waals surface area contributed by atoms with Crippen molar-refractivity contribution in [2.45, 2.75) is 57.2 Å². The smallest absolute Gasteiger partial charge is 0.256 e. The largest absolute Gasteiger partial charge is 0.368 e. The minimum atomic E-state index is -0.272. The number of nitrogens with zero attached hydrogens (tertiary/aromatic N) is 3. The Labute approximate surface area is 164 Å². The number of nitrogens with one attached hydrogen (secondary N) is 1. The Balaban J connectivity index is 1.45. The third kappa shape index (κ3) is 3.94. The SMILES string of the molecule is NC(=O)[C@@H]1CCCN1Cc1cccc(C(=O)Nc2ccnn2C2CCCC2)c1. The van der Waals surface area contributed by atoms with E-state index in [1.807, 2.05) is 35.0 Å². The van der Waals surface area contributed by atoms with Crippen LogP contribution < -0.4 is 11.1 Å². The van der Waals surface area contributed by atoms with E-state index in [1.165, 1.54) is 12.8 Å². The molecule has 148 valence electrons. The lowest BCUT2D eigenvalue weighted by Crippen LogP contribution is -2.39. The molecule has 28 heavy (non-hydrogen) atoms. The van der Waals surface area contributed by atoms with E-state index in [9.17, 15) is 9.59 Å². The van der Waals surface area contributed by atoms with Crippen LogP contribution in [-0.4, -0.2) is 39.1 Å². The van der Waals surface area contributed by atoms with E-state index < -0.39 is 0 Å². The third-order valence-corrected chi connectivity index (χ3v) is 5.85. The summed E-state index contributed by atoms with van der Waals surface area (Å²) in [6.07, 6.45) is 8.15. The number of likely N-dealkylation sites (tertiary alicyclic amines) is 1. The fourth-order valence-corrected chi connectivity index (χ4v) is 4.42. The molecule has 1 aromatic heterocycles. The van der Waals surface area contributed by atoms with Crippen LogP contribution in [0.15, 0.2) is 36.5 Å². The number of nitrogens with two attached hydrogens (primary N) is 1. The van der Waals surface area contributed by atoms with E-state index in [0.717, 1.165) is 43.6 Å². The van der Waals surface area contributed by atoms with Gasteiger partial charge in [0.05, 0.1) is 18.3 Å². The Morgan fingerprint density at radius 2 is 1.96 bits per heavy atom. The Bertz CT molecular complexity index is 856. The number of aromatic nitrogens is 2. The third-order valence-electron chi connectivity index (χ3n) is 5.85. The van der Waals surface area contributed by atoms with Gasteiger partial charge in [0.15, 0.2) is 0 Å². The van der Waals surface area contributed by atoms with Gasteiger partial charge in [-0.25, -0.2) is 4.68 Å². The van der Waals surface area contributed by atoms with Gasteiger partial charge in [-0.05, 0) is 49.9 Å². The van der Waals surface area contributed by atoms with Crippen molar-refractivity contribution < 1.29 is 9.59 Å². The summed E-state index contributed by atoms with van der Waals surface area (Å²) >= 11 is 0. The zero-order chi connectivity index (χ0) is 19.5. The minimum absolute atomic E-state index is 0.144. The number of carbonyl (C=O) groups is 2. The highest BCUT2D eigenvalue weighted by Crippen LogP contribution is 2.31. The second-order valence-electron chi connectivity index (χ2n) is 7.78. The standard InChI is InChI=1S/C21H27N5O2/c22-20(27)18-9-4-12-25(18)14-15-5-3-6-16(13-15)21(28)24-19-10-11-23-26(19)17-7-1-2-8-17/h3,5-6,10-11,13,17-18H,1-2,4,7-9,12,14H2,(H2,22,27)(H,24,28)/t18-/m0/s1. The number of rotatable bonds is 6. The van der Waals surface area contributed by atoms with E-state index in [0.29, 0.717) is 18.2 Å². The molecule has 2 fully saturated rings. The molecule has 2 aliphatic rings. The molecule has 2 aromatic rings. The van der Waals surface area contributed by atoms with Crippen molar-refractivity contribution in [2.75, 3.05) is 11.9 Å². The normalized spacial score (nSPS) is 20.5. The maximum Gasteiger partial charge on any atom is 0.256 e. The maximum absolute atomic E-state index is 12.8. The number of hydrogen-bond acceptors (Lipinski definition) is 4. The molecular weight excluding hydrogens is 354 g/mol. The van der Waals surface area contributed by atoms with E-state index >= 15 is 0 Å². The van der Waals surface area contributed by atoms with Gasteiger partial charge in [-0.1, -0.05) is 25.0 Å². The molecule has 0 radical (unpaired) electrons. The average Bonchev–Trinajstić information content (AvgIpc) is 3.43. The molecule has 0 unspecified atom stereocenters. The number of benzene rings is 1. The van der Waals surface area contributed by atoms with Crippen molar-refractivity contribution in [3.05, 3.63) is 47.7 Å². The van der Waals surface area contributed by atoms with Crippen LogP contribution in [-0.2, 0) is 11.3 Å². The van der Waals surface area contributed by atoms with Gasteiger partial charge in [0.1, 0.15) is 5.82 Å². The van der Waals surface area contributed by atoms with Crippen LogP contribution in [0, 0.1) is 0 Å². The summed E-state index contributed by atoms with van der Waals surface area (Å²) in [6, 6.07) is 9.58. The molecule has 1 aliphatic heterocycles. The Hall–Kier alpha value is -2.67. The molecule has 2 heterocycles. The van der Waals surface area contributed by atoms with Crippen molar-refractivity contribution in [2.24, 2.45) is 5.73 Å². The average molecular weight is 381 g/mol. The molecule has 0 spiro atoms. The minimum Gasteiger partial charge on any atom is -0.368 e. The van der Waals surface area contributed by atoms with Gasteiger partial charge >= 0.3 is 0 Å². The van der Waals surface area contributed by atoms with E-state index in [4.69, 9.17) is 5.73 Å². The zero-order valence-electron chi connectivity index (χ0n) is 16.0. The van der Waals surface area contributed by atoms with Crippen LogP contribution in [0.2, 0.25) is 0 Å². The van der Waals surface area contributed by atoms with Crippen molar-refractivity contribution in [1.82, 2.24) is 14.7 Å². The molecule has 1 atom stereocenters. The summed E-state index contributed by atoms with van der Waals surface area (Å²) in [5.41, 5.74) is 7.12. The Morgan fingerprint density at radius 1 is 1.14 bits per heavy atom. The lowest BCUT2D eigenvalue weighted by molar-refractivity contribution is -0.122. The number of anilines is 1. The summed E-state index contributed by atoms with van der Waals surface area (Å²) in [6.45, 7) is 1.47. The van der Waals surface area contributed by atoms with Gasteiger partial charge in [-0.15, -0.1) is 0 Å². The fourth-order valence-electron chi connectivity index (χ4n) is 4.42. The van der Waals surface area contributed by atoms with Crippen molar-refractivity contribution in [1.29, 1.82) is 0 Å². The molecule has 7 heteroatoms. The van der Waals surface area contributed by atoms with Crippen LogP contribution >= 0.6 is 0 Å². The summed E-state index contributed by atoms with van der Waals surface area (Å²) in [4.78, 5) is 26.5. The van der Waals surface area contributed by atoms with Gasteiger partial charge in [-0.2, -0.15) is 5.10 Å². The first-order valence-corrected chi connectivity index (χ1v) is 10.1. The Kier molecular flexibility index (Phi) is 5.43. The number of hydrogen-bond donors (Lipinski definition) is 2. The Morgan fingerprint density at radius 3 is 2.75 bits per heavy atom. The predicted molar refractivity (Wildman–Crippen MR) is 107 cm³/mol. The highest BCUT2D eigenvalue weighted by molar-refractivity contribution is 6.03. The van der Waals surface area contributed by atoms with Gasteiger partial charge in [0.2, 0.25) is 5.91 Å². The molecular formula is C21H27N5O2. The van der Waals surface area contributed by atoms with Crippen LogP contribution in [0.5, 0.6) is 0 Å². The van der Waals surface area contributed by atoms with E-state index in [1.54, 1.807) is 6.20 Å². The molecule has 1 saturated heterocycles. The highest BCUT2D eigenvalue weighted by atomic mass is 16.2. The van der Waals surface area contributed by atoms with Crippen LogP contribution in [0.1, 0.15) is 60.5 Å². The van der Waals surface area contributed by atoms with E-state index in [2.05, 4.69) is 15.3 Å². The second-order valence-corrected chi connectivity index (χ2v) is 7.78. The first-order valence-electron chi connectivity index (χ1n) is 10.1. The quantitative estimate of drug-likeness (QED) is 0.804. The van der Waals surface area contributed by atoms with Crippen LogP contribution in [0.25, 0.3) is 0 Å². The van der Waals surface area contributed by atoms with Crippen molar-refractivity contribution >= 4 is 17.6 Å². The second kappa shape index (κ2) is 8.14. The molecule has 1 saturated carbocycles. The topological polar surface area (TPSA) is 93.2 Å². The number of carbonyl (C=O) groups excluding carboxylic acids is 2. The summed E-state index contributed by atoms with van der Waals surface area (Å²) < 4.78 is 1.94. The molecule has 0 bridgehead atoms. The first-order chi connectivity index (χ1) is 13.6. The molecule has 2 amide bonds. The molecule has 3 N–H and O–H groups in total. The van der Waals surface area contributed by atoms with Gasteiger partial charge in [0, 0.05) is 18.2 Å². The molecule has 7 nitrogen and oxygen atoms in total. The monoisotopic (exact) mass is 381 g/mol. The van der Waals surface area contributed by atoms with Crippen LogP contribution in [0.4, 0.5) is 5.82 Å². The number of amides is 2. The lowest BCUT2D eigenvalue weighted by Gasteiger charge is -2.22. The predicted octanol–water partition coefficient (Wildman–Crippen LogP) is 2.70. The number of primary amides is 1. The zero-order valence-corrected chi connectivity index (χ0v) is 16.0. The molecule has 1 aliphatic carbocycles. The first kappa shape index (κ1) is 18.7. The molecule has 4 rings (SSSR count). The van der Waals surface area contributed by atoms with Gasteiger partial charge in [-0.3, -0.25) is 14.5 Å². The van der Waals surface area contributed by atoms with Gasteiger partial charge < -0.3 is 11.1 Å². The summed E-state index contributed by atoms with van der Waals surface area (Å²) in [7, 11) is 0. The van der Waals surface area contributed by atoms with Crippen molar-refractivity contribution in [3.8, 4) is 0 Å². The van der Waals surface area contributed by atoms with Crippen molar-refractivity contribution in [3.63, 3.8) is 0 Å². The maximum atomic E-state index is 12.8. The van der Waals surface area contributed by atoms with E-state index in [-0.39, 0.29) is 17.9 Å². The van der Waals surface area contributed by atoms with Gasteiger partial charge in [0.25, 0.3) is 5.91 Å². The summed E-state index contributed by atoms with van der Waals surface area (Å²) in [5.74, 6) is 0.330.